The highest BCUT2D eigenvalue weighted by atomic mass is 16.1. The molecule has 6 heteroatoms. The lowest BCUT2D eigenvalue weighted by Crippen LogP contribution is -2.47. The molecular formula is C7H11N5O. The second kappa shape index (κ2) is 3.21. The Balaban J connectivity index is 1.93. The number of hydrogen-bond donors (Lipinski definition) is 1. The largest absolute Gasteiger partial charge is 0.315 e. The van der Waals surface area contributed by atoms with E-state index in [1.54, 1.807) is 7.05 Å². The summed E-state index contributed by atoms with van der Waals surface area (Å²) in [4.78, 5) is 12.8. The number of rotatable bonds is 3. The molecule has 0 atom stereocenters. The van der Waals surface area contributed by atoms with Crippen LogP contribution in [0.5, 0.6) is 0 Å². The zero-order chi connectivity index (χ0) is 9.26. The normalized spacial score (nSPS) is 17.0. The Morgan fingerprint density at radius 1 is 1.69 bits per heavy atom. The SMILES string of the molecule is Cn1nnc(CC(=O)C2CNC2)n1. The van der Waals surface area contributed by atoms with E-state index in [0.717, 1.165) is 13.1 Å². The Morgan fingerprint density at radius 2 is 2.46 bits per heavy atom. The molecule has 0 bridgehead atoms. The molecule has 1 aliphatic heterocycles. The maximum absolute atomic E-state index is 11.4. The van der Waals surface area contributed by atoms with Crippen LogP contribution in [0.15, 0.2) is 0 Å². The number of hydrogen-bond acceptors (Lipinski definition) is 5. The number of tetrazole rings is 1. The maximum atomic E-state index is 11.4. The highest BCUT2D eigenvalue weighted by Crippen LogP contribution is 2.06. The molecule has 0 saturated carbocycles. The van der Waals surface area contributed by atoms with Crippen LogP contribution in [0, 0.1) is 5.92 Å². The molecule has 0 aliphatic carbocycles. The van der Waals surface area contributed by atoms with Crippen LogP contribution in [0.1, 0.15) is 5.82 Å². The smallest absolute Gasteiger partial charge is 0.182 e. The summed E-state index contributed by atoms with van der Waals surface area (Å²) in [6.45, 7) is 1.58. The van der Waals surface area contributed by atoms with Gasteiger partial charge in [0.1, 0.15) is 5.78 Å². The van der Waals surface area contributed by atoms with Gasteiger partial charge in [0, 0.05) is 19.0 Å². The fourth-order valence-corrected chi connectivity index (χ4v) is 1.21. The van der Waals surface area contributed by atoms with E-state index in [2.05, 4.69) is 20.7 Å². The van der Waals surface area contributed by atoms with E-state index < -0.39 is 0 Å². The summed E-state index contributed by atoms with van der Waals surface area (Å²) in [6.07, 6.45) is 0.306. The number of carbonyl (C=O) groups is 1. The predicted octanol–water partition coefficient (Wildman–Crippen LogP) is -1.46. The van der Waals surface area contributed by atoms with E-state index in [4.69, 9.17) is 0 Å². The molecule has 70 valence electrons. The third-order valence-corrected chi connectivity index (χ3v) is 2.12. The predicted molar refractivity (Wildman–Crippen MR) is 43.9 cm³/mol. The van der Waals surface area contributed by atoms with Gasteiger partial charge in [-0.05, 0) is 5.21 Å². The van der Waals surface area contributed by atoms with Gasteiger partial charge in [0.05, 0.1) is 13.5 Å². The van der Waals surface area contributed by atoms with Gasteiger partial charge in [-0.15, -0.1) is 10.2 Å². The number of aryl methyl sites for hydroxylation is 1. The van der Waals surface area contributed by atoms with Crippen LogP contribution in [-0.4, -0.2) is 39.1 Å². The molecule has 13 heavy (non-hydrogen) atoms. The monoisotopic (exact) mass is 181 g/mol. The molecule has 0 amide bonds. The highest BCUT2D eigenvalue weighted by molar-refractivity contribution is 5.83. The molecule has 0 aromatic carbocycles. The average Bonchev–Trinajstić information content (AvgIpc) is 2.31. The van der Waals surface area contributed by atoms with Gasteiger partial charge in [0.25, 0.3) is 0 Å². The standard InChI is InChI=1S/C7H11N5O/c1-12-10-7(9-11-12)2-6(13)5-3-8-4-5/h5,8H,2-4H2,1H3. The van der Waals surface area contributed by atoms with Crippen LogP contribution in [0.2, 0.25) is 0 Å². The third-order valence-electron chi connectivity index (χ3n) is 2.12. The van der Waals surface area contributed by atoms with Gasteiger partial charge >= 0.3 is 0 Å². The first-order chi connectivity index (χ1) is 6.25. The van der Waals surface area contributed by atoms with Crippen LogP contribution in [0.25, 0.3) is 0 Å². The van der Waals surface area contributed by atoms with Crippen molar-refractivity contribution >= 4 is 5.78 Å². The Bertz CT molecular complexity index is 316. The fraction of sp³-hybridized carbons (Fsp3) is 0.714. The summed E-state index contributed by atoms with van der Waals surface area (Å²) in [5.41, 5.74) is 0. The van der Waals surface area contributed by atoms with E-state index in [9.17, 15) is 4.79 Å². The second-order valence-corrected chi connectivity index (χ2v) is 3.19. The first-order valence-corrected chi connectivity index (χ1v) is 4.22. The van der Waals surface area contributed by atoms with Crippen molar-refractivity contribution in [1.82, 2.24) is 25.5 Å². The number of Topliss-reactive ketones (excluding diaryl/α,β-unsaturated/α-hetero) is 1. The third kappa shape index (κ3) is 1.72. The van der Waals surface area contributed by atoms with Crippen LogP contribution in [-0.2, 0) is 18.3 Å². The second-order valence-electron chi connectivity index (χ2n) is 3.19. The number of nitrogens with zero attached hydrogens (tertiary/aromatic N) is 4. The topological polar surface area (TPSA) is 72.7 Å². The Labute approximate surface area is 75.3 Å². The minimum absolute atomic E-state index is 0.156. The van der Waals surface area contributed by atoms with Crippen molar-refractivity contribution in [2.24, 2.45) is 13.0 Å². The van der Waals surface area contributed by atoms with Crippen LogP contribution >= 0.6 is 0 Å². The van der Waals surface area contributed by atoms with Crippen molar-refractivity contribution in [2.45, 2.75) is 6.42 Å². The molecule has 0 radical (unpaired) electrons. The van der Waals surface area contributed by atoms with E-state index in [1.165, 1.54) is 4.80 Å². The zero-order valence-corrected chi connectivity index (χ0v) is 7.40. The van der Waals surface area contributed by atoms with Crippen LogP contribution in [0.4, 0.5) is 0 Å². The molecule has 1 N–H and O–H groups in total. The summed E-state index contributed by atoms with van der Waals surface area (Å²) in [6, 6.07) is 0. The Morgan fingerprint density at radius 3 is 2.92 bits per heavy atom. The van der Waals surface area contributed by atoms with Gasteiger partial charge in [-0.2, -0.15) is 4.80 Å². The van der Waals surface area contributed by atoms with E-state index in [0.29, 0.717) is 12.2 Å². The van der Waals surface area contributed by atoms with Crippen molar-refractivity contribution in [3.63, 3.8) is 0 Å². The quantitative estimate of drug-likeness (QED) is 0.617. The first-order valence-electron chi connectivity index (χ1n) is 4.22. The molecule has 2 rings (SSSR count). The van der Waals surface area contributed by atoms with Crippen molar-refractivity contribution in [2.75, 3.05) is 13.1 Å². The van der Waals surface area contributed by atoms with E-state index in [-0.39, 0.29) is 11.7 Å². The number of ketones is 1. The molecule has 0 spiro atoms. The molecule has 1 aromatic rings. The minimum atomic E-state index is 0.156. The Kier molecular flexibility index (Phi) is 2.05. The van der Waals surface area contributed by atoms with E-state index in [1.807, 2.05) is 0 Å². The molecule has 1 saturated heterocycles. The molecule has 2 heterocycles. The lowest BCUT2D eigenvalue weighted by Gasteiger charge is -2.24. The summed E-state index contributed by atoms with van der Waals surface area (Å²) >= 11 is 0. The molecular weight excluding hydrogens is 170 g/mol. The summed E-state index contributed by atoms with van der Waals surface area (Å²) < 4.78 is 0. The summed E-state index contributed by atoms with van der Waals surface area (Å²) in [5, 5.41) is 14.4. The number of carbonyl (C=O) groups excluding carboxylic acids is 1. The first kappa shape index (κ1) is 8.31. The molecule has 6 nitrogen and oxygen atoms in total. The molecule has 0 unspecified atom stereocenters. The average molecular weight is 181 g/mol. The molecule has 1 aliphatic rings. The van der Waals surface area contributed by atoms with Crippen molar-refractivity contribution in [3.05, 3.63) is 5.82 Å². The lowest BCUT2D eigenvalue weighted by atomic mass is 9.96. The van der Waals surface area contributed by atoms with Gasteiger partial charge in [-0.3, -0.25) is 4.79 Å². The number of aromatic nitrogens is 4. The zero-order valence-electron chi connectivity index (χ0n) is 7.40. The van der Waals surface area contributed by atoms with Crippen molar-refractivity contribution in [3.8, 4) is 0 Å². The number of nitrogens with one attached hydrogen (secondary N) is 1. The van der Waals surface area contributed by atoms with Gasteiger partial charge in [-0.25, -0.2) is 0 Å². The summed E-state index contributed by atoms with van der Waals surface area (Å²) in [7, 11) is 1.69. The molecule has 1 fully saturated rings. The van der Waals surface area contributed by atoms with Crippen LogP contribution < -0.4 is 5.32 Å². The van der Waals surface area contributed by atoms with Crippen LogP contribution in [0.3, 0.4) is 0 Å². The van der Waals surface area contributed by atoms with Gasteiger partial charge in [-0.1, -0.05) is 0 Å². The molecule has 1 aromatic heterocycles. The van der Waals surface area contributed by atoms with Crippen molar-refractivity contribution in [1.29, 1.82) is 0 Å². The van der Waals surface area contributed by atoms with Gasteiger partial charge in [0.2, 0.25) is 0 Å². The van der Waals surface area contributed by atoms with Gasteiger partial charge < -0.3 is 5.32 Å². The Hall–Kier alpha value is -1.30. The van der Waals surface area contributed by atoms with E-state index >= 15 is 0 Å². The minimum Gasteiger partial charge on any atom is -0.315 e. The van der Waals surface area contributed by atoms with Gasteiger partial charge in [0.15, 0.2) is 5.82 Å². The summed E-state index contributed by atoms with van der Waals surface area (Å²) in [5.74, 6) is 0.870. The highest BCUT2D eigenvalue weighted by Gasteiger charge is 2.25. The van der Waals surface area contributed by atoms with Crippen molar-refractivity contribution < 1.29 is 4.79 Å². The lowest BCUT2D eigenvalue weighted by molar-refractivity contribution is -0.123. The fourth-order valence-electron chi connectivity index (χ4n) is 1.21. The maximum Gasteiger partial charge on any atom is 0.182 e.